The van der Waals surface area contributed by atoms with Crippen molar-refractivity contribution in [2.45, 2.75) is 5.41 Å². The summed E-state index contributed by atoms with van der Waals surface area (Å²) in [6.07, 6.45) is 0. The Kier molecular flexibility index (Phi) is 7.48. The number of fused-ring (bicyclic) bond motifs is 9. The van der Waals surface area contributed by atoms with E-state index in [4.69, 9.17) is 0 Å². The van der Waals surface area contributed by atoms with Gasteiger partial charge in [0, 0.05) is 33.5 Å². The van der Waals surface area contributed by atoms with Crippen LogP contribution in [-0.2, 0) is 5.41 Å². The van der Waals surface area contributed by atoms with Crippen LogP contribution in [-0.4, -0.2) is 4.57 Å². The van der Waals surface area contributed by atoms with E-state index in [0.717, 1.165) is 22.7 Å². The van der Waals surface area contributed by atoms with E-state index < -0.39 is 5.41 Å². The highest BCUT2D eigenvalue weighted by Crippen LogP contribution is 2.56. The van der Waals surface area contributed by atoms with Gasteiger partial charge in [0.15, 0.2) is 0 Å². The van der Waals surface area contributed by atoms with Gasteiger partial charge in [-0.05, 0) is 110 Å². The van der Waals surface area contributed by atoms with Gasteiger partial charge in [-0.15, -0.1) is 0 Å². The molecule has 0 atom stereocenters. The van der Waals surface area contributed by atoms with Crippen molar-refractivity contribution in [2.24, 2.45) is 0 Å². The van der Waals surface area contributed by atoms with Gasteiger partial charge in [-0.3, -0.25) is 0 Å². The van der Waals surface area contributed by atoms with Crippen molar-refractivity contribution in [3.05, 3.63) is 253 Å². The third-order valence-corrected chi connectivity index (χ3v) is 12.6. The molecule has 2 nitrogen and oxygen atoms in total. The van der Waals surface area contributed by atoms with Crippen LogP contribution in [0.15, 0.2) is 231 Å². The Morgan fingerprint density at radius 1 is 0.322 bits per heavy atom. The molecule has 0 fully saturated rings. The summed E-state index contributed by atoms with van der Waals surface area (Å²) in [6.45, 7) is 0. The maximum Gasteiger partial charge on any atom is 0.0713 e. The summed E-state index contributed by atoms with van der Waals surface area (Å²) in [6, 6.07) is 84.9. The van der Waals surface area contributed by atoms with Gasteiger partial charge in [-0.2, -0.15) is 0 Å². The van der Waals surface area contributed by atoms with Gasteiger partial charge in [0.25, 0.3) is 0 Å². The van der Waals surface area contributed by atoms with Crippen LogP contribution in [0.2, 0.25) is 0 Å². The Balaban J connectivity index is 1.07. The molecule has 2 heteroatoms. The highest BCUT2D eigenvalue weighted by Gasteiger charge is 2.45. The molecule has 1 aromatic heterocycles. The van der Waals surface area contributed by atoms with Gasteiger partial charge in [-0.25, -0.2) is 0 Å². The van der Waals surface area contributed by atoms with Crippen LogP contribution in [0.25, 0.3) is 60.2 Å². The first kappa shape index (κ1) is 33.5. The summed E-state index contributed by atoms with van der Waals surface area (Å²) in [5, 5.41) is 7.49. The zero-order valence-corrected chi connectivity index (χ0v) is 32.3. The molecule has 1 aliphatic rings. The van der Waals surface area contributed by atoms with Gasteiger partial charge in [0.05, 0.1) is 16.4 Å². The first-order chi connectivity index (χ1) is 29.3. The Bertz CT molecular complexity index is 3290. The second-order valence-corrected chi connectivity index (χ2v) is 15.7. The van der Waals surface area contributed by atoms with E-state index in [1.54, 1.807) is 0 Å². The summed E-state index contributed by atoms with van der Waals surface area (Å²) < 4.78 is 2.40. The molecule has 0 amide bonds. The molecule has 0 bridgehead atoms. The molecule has 0 radical (unpaired) electrons. The fraction of sp³-hybridized carbons (Fsp3) is 0.0175. The number of nitrogens with zero attached hydrogens (tertiary/aromatic N) is 2. The van der Waals surface area contributed by atoms with E-state index in [1.165, 1.54) is 76.7 Å². The molecular formula is C57H38N2. The van der Waals surface area contributed by atoms with E-state index in [1.807, 2.05) is 0 Å². The van der Waals surface area contributed by atoms with Crippen molar-refractivity contribution in [3.8, 4) is 16.8 Å². The molecule has 0 saturated heterocycles. The molecule has 1 aliphatic carbocycles. The lowest BCUT2D eigenvalue weighted by molar-refractivity contribution is 0.768. The topological polar surface area (TPSA) is 8.17 Å². The van der Waals surface area contributed by atoms with Gasteiger partial charge >= 0.3 is 0 Å². The number of para-hydroxylation sites is 2. The average Bonchev–Trinajstić information content (AvgIpc) is 3.81. The highest BCUT2D eigenvalue weighted by molar-refractivity contribution is 6.10. The van der Waals surface area contributed by atoms with Crippen molar-refractivity contribution >= 4 is 60.4 Å². The maximum absolute atomic E-state index is 2.42. The summed E-state index contributed by atoms with van der Waals surface area (Å²) in [5.41, 5.74) is 14.1. The lowest BCUT2D eigenvalue weighted by Crippen LogP contribution is -2.28. The molecule has 12 rings (SSSR count). The summed E-state index contributed by atoms with van der Waals surface area (Å²) >= 11 is 0. The zero-order chi connectivity index (χ0) is 38.9. The van der Waals surface area contributed by atoms with Gasteiger partial charge in [0.1, 0.15) is 0 Å². The molecule has 276 valence electrons. The highest BCUT2D eigenvalue weighted by atomic mass is 15.1. The van der Waals surface area contributed by atoms with E-state index in [9.17, 15) is 0 Å². The van der Waals surface area contributed by atoms with Crippen LogP contribution >= 0.6 is 0 Å². The second kappa shape index (κ2) is 13.2. The van der Waals surface area contributed by atoms with Gasteiger partial charge in [0.2, 0.25) is 0 Å². The van der Waals surface area contributed by atoms with Crippen LogP contribution in [0.1, 0.15) is 22.3 Å². The van der Waals surface area contributed by atoms with Crippen molar-refractivity contribution in [1.29, 1.82) is 0 Å². The predicted octanol–water partition coefficient (Wildman–Crippen LogP) is 14.9. The quantitative estimate of drug-likeness (QED) is 0.154. The smallest absolute Gasteiger partial charge is 0.0713 e. The molecule has 0 saturated carbocycles. The van der Waals surface area contributed by atoms with Crippen LogP contribution in [0.3, 0.4) is 0 Å². The number of anilines is 3. The van der Waals surface area contributed by atoms with E-state index in [-0.39, 0.29) is 0 Å². The van der Waals surface area contributed by atoms with E-state index >= 15 is 0 Å². The fourth-order valence-corrected chi connectivity index (χ4v) is 10.1. The van der Waals surface area contributed by atoms with Crippen molar-refractivity contribution in [1.82, 2.24) is 4.57 Å². The minimum Gasteiger partial charge on any atom is -0.310 e. The number of hydrogen-bond donors (Lipinski definition) is 0. The number of rotatable bonds is 6. The Labute approximate surface area is 343 Å². The average molecular weight is 751 g/mol. The maximum atomic E-state index is 2.42. The fourth-order valence-electron chi connectivity index (χ4n) is 10.1. The minimum atomic E-state index is -0.460. The Hall–Kier alpha value is -7.68. The second-order valence-electron chi connectivity index (χ2n) is 15.7. The zero-order valence-electron chi connectivity index (χ0n) is 32.3. The van der Waals surface area contributed by atoms with E-state index in [2.05, 4.69) is 240 Å². The summed E-state index contributed by atoms with van der Waals surface area (Å²) in [4.78, 5) is 2.42. The number of benzene rings is 10. The van der Waals surface area contributed by atoms with Crippen molar-refractivity contribution in [2.75, 3.05) is 4.90 Å². The molecule has 59 heavy (non-hydrogen) atoms. The van der Waals surface area contributed by atoms with E-state index in [0.29, 0.717) is 0 Å². The lowest BCUT2D eigenvalue weighted by atomic mass is 9.68. The number of hydrogen-bond acceptors (Lipinski definition) is 1. The molecule has 0 unspecified atom stereocenters. The van der Waals surface area contributed by atoms with Crippen LogP contribution < -0.4 is 4.90 Å². The van der Waals surface area contributed by atoms with Crippen molar-refractivity contribution < 1.29 is 0 Å². The molecule has 0 N–H and O–H groups in total. The largest absolute Gasteiger partial charge is 0.310 e. The summed E-state index contributed by atoms with van der Waals surface area (Å²) in [7, 11) is 0. The van der Waals surface area contributed by atoms with Gasteiger partial charge in [-0.1, -0.05) is 176 Å². The molecule has 10 aromatic carbocycles. The van der Waals surface area contributed by atoms with Crippen LogP contribution in [0.4, 0.5) is 17.1 Å². The Morgan fingerprint density at radius 2 is 0.847 bits per heavy atom. The normalized spacial score (nSPS) is 12.9. The summed E-state index contributed by atoms with van der Waals surface area (Å²) in [5.74, 6) is 0. The monoisotopic (exact) mass is 750 g/mol. The minimum absolute atomic E-state index is 0.460. The first-order valence-electron chi connectivity index (χ1n) is 20.4. The SMILES string of the molecule is c1ccc(C2(c3ccc(N(c4cccc(-n5c6ccccc6c6ccccc65)c4)c4ccc5c(ccc6ccccc65)c4)cc3)c3ccccc3-c3ccccc32)cc1. The van der Waals surface area contributed by atoms with Crippen molar-refractivity contribution in [3.63, 3.8) is 0 Å². The van der Waals surface area contributed by atoms with Crippen LogP contribution in [0.5, 0.6) is 0 Å². The Morgan fingerprint density at radius 3 is 1.56 bits per heavy atom. The molecule has 0 aliphatic heterocycles. The van der Waals surface area contributed by atoms with Gasteiger partial charge < -0.3 is 9.47 Å². The molecule has 11 aromatic rings. The third-order valence-electron chi connectivity index (χ3n) is 12.6. The number of aromatic nitrogens is 1. The van der Waals surface area contributed by atoms with Crippen LogP contribution in [0, 0.1) is 0 Å². The molecule has 0 spiro atoms. The molecule has 1 heterocycles. The lowest BCUT2D eigenvalue weighted by Gasteiger charge is -2.34. The first-order valence-corrected chi connectivity index (χ1v) is 20.4. The molecular weight excluding hydrogens is 713 g/mol. The third kappa shape index (κ3) is 5.00. The predicted molar refractivity (Wildman–Crippen MR) is 248 cm³/mol. The standard InChI is InChI=1S/C57H38N2/c1-2-16-41(17-3-1)57(53-25-10-6-21-49(53)50-22-7-11-26-54(50)57)42-31-33-43(34-32-42)58(46-35-36-48-40(37-46)30-29-39-15-4-5-20-47(39)48)44-18-14-19-45(38-44)59-55-27-12-8-23-51(55)52-24-9-13-28-56(52)59/h1-38H.